The molecule has 0 aliphatic rings. The molecule has 0 fully saturated rings. The van der Waals surface area contributed by atoms with Crippen molar-refractivity contribution in [2.24, 2.45) is 0 Å². The first-order valence-electron chi connectivity index (χ1n) is 8.78. The maximum absolute atomic E-state index is 12.3. The van der Waals surface area contributed by atoms with Crippen LogP contribution in [0.5, 0.6) is 0 Å². The van der Waals surface area contributed by atoms with Crippen molar-refractivity contribution in [3.63, 3.8) is 0 Å². The first-order chi connectivity index (χ1) is 13.7. The number of carbonyl (C=O) groups is 1. The molecule has 0 unspecified atom stereocenters. The van der Waals surface area contributed by atoms with Gasteiger partial charge in [0.25, 0.3) is 5.91 Å². The van der Waals surface area contributed by atoms with Gasteiger partial charge in [0.2, 0.25) is 0 Å². The molecule has 2 aromatic heterocycles. The van der Waals surface area contributed by atoms with E-state index in [1.54, 1.807) is 29.8 Å². The number of rotatable bonds is 5. The third-order valence-electron chi connectivity index (χ3n) is 4.15. The van der Waals surface area contributed by atoms with Gasteiger partial charge in [0, 0.05) is 40.3 Å². The fourth-order valence-electron chi connectivity index (χ4n) is 2.74. The lowest BCUT2D eigenvalue weighted by molar-refractivity contribution is 0.102. The second-order valence-electron chi connectivity index (χ2n) is 6.30. The Balaban J connectivity index is 1.41. The SMILES string of the molecule is Cc1cccc(C(=O)Nc2ccc(Nc3nc(-c4ccncc4)cs3)cc2)c1. The number of hydrogen-bond donors (Lipinski definition) is 2. The highest BCUT2D eigenvalue weighted by molar-refractivity contribution is 7.14. The molecule has 4 aromatic rings. The minimum atomic E-state index is -0.119. The minimum absolute atomic E-state index is 0.119. The molecule has 5 nitrogen and oxygen atoms in total. The third-order valence-corrected chi connectivity index (χ3v) is 4.91. The molecule has 2 aromatic carbocycles. The zero-order chi connectivity index (χ0) is 19.3. The van der Waals surface area contributed by atoms with Crippen LogP contribution in [0.3, 0.4) is 0 Å². The number of aromatic nitrogens is 2. The van der Waals surface area contributed by atoms with Crippen LogP contribution in [0.25, 0.3) is 11.3 Å². The number of aryl methyl sites for hydroxylation is 1. The molecule has 0 saturated heterocycles. The second-order valence-corrected chi connectivity index (χ2v) is 7.16. The Hall–Kier alpha value is -3.51. The number of thiazole rings is 1. The van der Waals surface area contributed by atoms with E-state index in [-0.39, 0.29) is 5.91 Å². The molecule has 0 saturated carbocycles. The summed E-state index contributed by atoms with van der Waals surface area (Å²) in [5.41, 5.74) is 5.30. The predicted molar refractivity (Wildman–Crippen MR) is 114 cm³/mol. The highest BCUT2D eigenvalue weighted by atomic mass is 32.1. The van der Waals surface area contributed by atoms with Crippen molar-refractivity contribution in [3.8, 4) is 11.3 Å². The van der Waals surface area contributed by atoms with Crippen LogP contribution in [-0.2, 0) is 0 Å². The monoisotopic (exact) mass is 386 g/mol. The van der Waals surface area contributed by atoms with Gasteiger partial charge in [0.05, 0.1) is 5.69 Å². The Morgan fingerprint density at radius 2 is 1.71 bits per heavy atom. The van der Waals surface area contributed by atoms with Gasteiger partial charge >= 0.3 is 0 Å². The smallest absolute Gasteiger partial charge is 0.255 e. The van der Waals surface area contributed by atoms with E-state index in [0.717, 1.165) is 33.3 Å². The van der Waals surface area contributed by atoms with Crippen LogP contribution in [0.15, 0.2) is 78.4 Å². The van der Waals surface area contributed by atoms with Crippen LogP contribution in [0.1, 0.15) is 15.9 Å². The van der Waals surface area contributed by atoms with Crippen LogP contribution in [0, 0.1) is 6.92 Å². The van der Waals surface area contributed by atoms with Gasteiger partial charge in [-0.25, -0.2) is 4.98 Å². The van der Waals surface area contributed by atoms with Crippen molar-refractivity contribution in [2.75, 3.05) is 10.6 Å². The van der Waals surface area contributed by atoms with Crippen molar-refractivity contribution >= 4 is 33.8 Å². The van der Waals surface area contributed by atoms with E-state index in [9.17, 15) is 4.79 Å². The van der Waals surface area contributed by atoms with Gasteiger partial charge in [-0.1, -0.05) is 17.7 Å². The van der Waals surface area contributed by atoms with Crippen molar-refractivity contribution in [1.82, 2.24) is 9.97 Å². The van der Waals surface area contributed by atoms with Gasteiger partial charge in [-0.05, 0) is 55.5 Å². The summed E-state index contributed by atoms with van der Waals surface area (Å²) in [6, 6.07) is 19.0. The molecule has 2 N–H and O–H groups in total. The van der Waals surface area contributed by atoms with Crippen molar-refractivity contribution in [3.05, 3.63) is 89.6 Å². The molecule has 6 heteroatoms. The highest BCUT2D eigenvalue weighted by Gasteiger charge is 2.07. The number of pyridine rings is 1. The van der Waals surface area contributed by atoms with E-state index in [4.69, 9.17) is 0 Å². The van der Waals surface area contributed by atoms with Gasteiger partial charge in [0.1, 0.15) is 0 Å². The Morgan fingerprint density at radius 1 is 0.964 bits per heavy atom. The van der Waals surface area contributed by atoms with Gasteiger partial charge < -0.3 is 10.6 Å². The summed E-state index contributed by atoms with van der Waals surface area (Å²) in [5.74, 6) is -0.119. The number of benzene rings is 2. The van der Waals surface area contributed by atoms with E-state index in [1.165, 1.54) is 0 Å². The molecular weight excluding hydrogens is 368 g/mol. The van der Waals surface area contributed by atoms with Gasteiger partial charge in [-0.3, -0.25) is 9.78 Å². The number of anilines is 3. The molecule has 2 heterocycles. The van der Waals surface area contributed by atoms with Crippen LogP contribution in [-0.4, -0.2) is 15.9 Å². The van der Waals surface area contributed by atoms with Crippen LogP contribution in [0.2, 0.25) is 0 Å². The zero-order valence-corrected chi connectivity index (χ0v) is 16.0. The molecule has 0 aliphatic carbocycles. The lowest BCUT2D eigenvalue weighted by Crippen LogP contribution is -2.11. The number of nitrogens with zero attached hydrogens (tertiary/aromatic N) is 2. The first kappa shape index (κ1) is 17.9. The fourth-order valence-corrected chi connectivity index (χ4v) is 3.48. The van der Waals surface area contributed by atoms with E-state index in [1.807, 2.05) is 66.9 Å². The van der Waals surface area contributed by atoms with E-state index >= 15 is 0 Å². The van der Waals surface area contributed by atoms with E-state index in [2.05, 4.69) is 20.6 Å². The maximum Gasteiger partial charge on any atom is 0.255 e. The quantitative estimate of drug-likeness (QED) is 0.475. The number of carbonyl (C=O) groups excluding carboxylic acids is 1. The Morgan fingerprint density at radius 3 is 2.46 bits per heavy atom. The van der Waals surface area contributed by atoms with Crippen LogP contribution < -0.4 is 10.6 Å². The number of amides is 1. The largest absolute Gasteiger partial charge is 0.332 e. The Kier molecular flexibility index (Phi) is 5.12. The highest BCUT2D eigenvalue weighted by Crippen LogP contribution is 2.27. The predicted octanol–water partition coefficient (Wildman–Crippen LogP) is 5.51. The summed E-state index contributed by atoms with van der Waals surface area (Å²) >= 11 is 1.54. The van der Waals surface area contributed by atoms with Gasteiger partial charge in [0.15, 0.2) is 5.13 Å². The van der Waals surface area contributed by atoms with E-state index in [0.29, 0.717) is 5.56 Å². The maximum atomic E-state index is 12.3. The molecular formula is C22H18N4OS. The van der Waals surface area contributed by atoms with Gasteiger partial charge in [-0.15, -0.1) is 11.3 Å². The molecule has 138 valence electrons. The molecule has 0 spiro atoms. The summed E-state index contributed by atoms with van der Waals surface area (Å²) in [6.07, 6.45) is 3.51. The summed E-state index contributed by atoms with van der Waals surface area (Å²) in [6.45, 7) is 1.97. The fraction of sp³-hybridized carbons (Fsp3) is 0.0455. The summed E-state index contributed by atoms with van der Waals surface area (Å²) < 4.78 is 0. The molecule has 0 aliphatic heterocycles. The molecule has 28 heavy (non-hydrogen) atoms. The Labute approximate surface area is 167 Å². The molecule has 1 amide bonds. The molecule has 0 radical (unpaired) electrons. The lowest BCUT2D eigenvalue weighted by atomic mass is 10.1. The van der Waals surface area contributed by atoms with E-state index < -0.39 is 0 Å². The zero-order valence-electron chi connectivity index (χ0n) is 15.2. The lowest BCUT2D eigenvalue weighted by Gasteiger charge is -2.08. The standard InChI is InChI=1S/C22H18N4OS/c1-15-3-2-4-17(13-15)21(27)24-18-5-7-19(8-6-18)25-22-26-20(14-28-22)16-9-11-23-12-10-16/h2-14H,1H3,(H,24,27)(H,25,26). The first-order valence-corrected chi connectivity index (χ1v) is 9.66. The van der Waals surface area contributed by atoms with Crippen molar-refractivity contribution < 1.29 is 4.79 Å². The minimum Gasteiger partial charge on any atom is -0.332 e. The average molecular weight is 386 g/mol. The Bertz CT molecular complexity index is 1090. The van der Waals surface area contributed by atoms with Crippen molar-refractivity contribution in [1.29, 1.82) is 0 Å². The third kappa shape index (κ3) is 4.24. The molecule has 0 atom stereocenters. The number of nitrogens with one attached hydrogen (secondary N) is 2. The average Bonchev–Trinajstić information content (AvgIpc) is 3.19. The van der Waals surface area contributed by atoms with Gasteiger partial charge in [-0.2, -0.15) is 0 Å². The molecule has 0 bridgehead atoms. The summed E-state index contributed by atoms with van der Waals surface area (Å²) in [5, 5.41) is 9.03. The second kappa shape index (κ2) is 8.02. The topological polar surface area (TPSA) is 66.9 Å². The van der Waals surface area contributed by atoms with Crippen molar-refractivity contribution in [2.45, 2.75) is 6.92 Å². The normalized spacial score (nSPS) is 10.5. The summed E-state index contributed by atoms with van der Waals surface area (Å²) in [7, 11) is 0. The molecule has 4 rings (SSSR count). The summed E-state index contributed by atoms with van der Waals surface area (Å²) in [4.78, 5) is 21.0. The van der Waals surface area contributed by atoms with Crippen LogP contribution in [0.4, 0.5) is 16.5 Å². The van der Waals surface area contributed by atoms with Crippen LogP contribution >= 0.6 is 11.3 Å². The number of hydrogen-bond acceptors (Lipinski definition) is 5.